The maximum absolute atomic E-state index is 6.67. The van der Waals surface area contributed by atoms with E-state index in [0.717, 1.165) is 41.5 Å². The molecule has 0 heterocycles. The summed E-state index contributed by atoms with van der Waals surface area (Å²) >= 11 is 3.63. The molecule has 0 atom stereocenters. The summed E-state index contributed by atoms with van der Waals surface area (Å²) in [6.45, 7) is 0. The standard InChI is InChI=1S/C15H22BrNO3/c1-18-10-9-11(19-2)14(20-3)13(16)12(10)15(17)7-5-4-6-8-15/h9H,4-8,17H2,1-3H3. The highest BCUT2D eigenvalue weighted by atomic mass is 79.9. The fraction of sp³-hybridized carbons (Fsp3) is 0.600. The monoisotopic (exact) mass is 343 g/mol. The molecule has 2 rings (SSSR count). The molecule has 1 aromatic rings. The highest BCUT2D eigenvalue weighted by molar-refractivity contribution is 9.10. The molecule has 1 fully saturated rings. The van der Waals surface area contributed by atoms with Crippen molar-refractivity contribution in [2.45, 2.75) is 37.6 Å². The third-order valence-electron chi connectivity index (χ3n) is 4.04. The van der Waals surface area contributed by atoms with Gasteiger partial charge in [-0.25, -0.2) is 0 Å². The van der Waals surface area contributed by atoms with Gasteiger partial charge in [-0.3, -0.25) is 0 Å². The zero-order valence-electron chi connectivity index (χ0n) is 12.3. The van der Waals surface area contributed by atoms with Crippen molar-refractivity contribution in [3.05, 3.63) is 16.1 Å². The third kappa shape index (κ3) is 2.61. The van der Waals surface area contributed by atoms with E-state index in [4.69, 9.17) is 19.9 Å². The predicted octanol–water partition coefficient (Wildman–Crippen LogP) is 3.59. The quantitative estimate of drug-likeness (QED) is 0.907. The first-order valence-corrected chi connectivity index (χ1v) is 7.64. The second-order valence-electron chi connectivity index (χ2n) is 5.22. The molecule has 20 heavy (non-hydrogen) atoms. The largest absolute Gasteiger partial charge is 0.496 e. The van der Waals surface area contributed by atoms with E-state index in [0.29, 0.717) is 11.5 Å². The van der Waals surface area contributed by atoms with Gasteiger partial charge in [0.15, 0.2) is 11.5 Å². The van der Waals surface area contributed by atoms with E-state index in [9.17, 15) is 0 Å². The van der Waals surface area contributed by atoms with Crippen LogP contribution in [0, 0.1) is 0 Å². The highest BCUT2D eigenvalue weighted by Gasteiger charge is 2.36. The van der Waals surface area contributed by atoms with E-state index in [1.165, 1.54) is 6.42 Å². The summed E-state index contributed by atoms with van der Waals surface area (Å²) < 4.78 is 17.2. The van der Waals surface area contributed by atoms with Crippen LogP contribution in [0.1, 0.15) is 37.7 Å². The normalized spacial score (nSPS) is 17.6. The van der Waals surface area contributed by atoms with Gasteiger partial charge >= 0.3 is 0 Å². The average molecular weight is 344 g/mol. The fourth-order valence-electron chi connectivity index (χ4n) is 2.99. The van der Waals surface area contributed by atoms with Crippen LogP contribution in [0.2, 0.25) is 0 Å². The van der Waals surface area contributed by atoms with Crippen LogP contribution in [-0.2, 0) is 5.54 Å². The molecule has 0 radical (unpaired) electrons. The van der Waals surface area contributed by atoms with Crippen LogP contribution in [0.3, 0.4) is 0 Å². The van der Waals surface area contributed by atoms with Crippen molar-refractivity contribution in [1.82, 2.24) is 0 Å². The van der Waals surface area contributed by atoms with Gasteiger partial charge in [0.05, 0.1) is 25.8 Å². The Bertz CT molecular complexity index is 484. The maximum atomic E-state index is 6.67. The lowest BCUT2D eigenvalue weighted by molar-refractivity contribution is 0.282. The molecule has 0 amide bonds. The van der Waals surface area contributed by atoms with Gasteiger partial charge in [0.25, 0.3) is 0 Å². The first-order valence-electron chi connectivity index (χ1n) is 6.85. The van der Waals surface area contributed by atoms with E-state index in [-0.39, 0.29) is 5.54 Å². The zero-order chi connectivity index (χ0) is 14.8. The van der Waals surface area contributed by atoms with Gasteiger partial charge in [-0.1, -0.05) is 19.3 Å². The summed E-state index contributed by atoms with van der Waals surface area (Å²) in [5, 5.41) is 0. The Labute approximate surface area is 128 Å². The summed E-state index contributed by atoms with van der Waals surface area (Å²) in [6.07, 6.45) is 5.43. The number of nitrogens with two attached hydrogens (primary N) is 1. The lowest BCUT2D eigenvalue weighted by Gasteiger charge is -2.36. The summed E-state index contributed by atoms with van der Waals surface area (Å²) in [5.74, 6) is 2.05. The van der Waals surface area contributed by atoms with Gasteiger partial charge in [-0.15, -0.1) is 0 Å². The van der Waals surface area contributed by atoms with Crippen molar-refractivity contribution in [2.75, 3.05) is 21.3 Å². The lowest BCUT2D eigenvalue weighted by Crippen LogP contribution is -2.39. The van der Waals surface area contributed by atoms with Crippen LogP contribution in [0.4, 0.5) is 0 Å². The maximum Gasteiger partial charge on any atom is 0.175 e. The molecule has 2 N–H and O–H groups in total. The first kappa shape index (κ1) is 15.4. The van der Waals surface area contributed by atoms with Crippen molar-refractivity contribution in [3.63, 3.8) is 0 Å². The highest BCUT2D eigenvalue weighted by Crippen LogP contribution is 2.49. The van der Waals surface area contributed by atoms with Crippen LogP contribution < -0.4 is 19.9 Å². The van der Waals surface area contributed by atoms with Crippen LogP contribution in [0.15, 0.2) is 10.5 Å². The zero-order valence-corrected chi connectivity index (χ0v) is 13.9. The molecule has 1 saturated carbocycles. The minimum absolute atomic E-state index is 0.373. The number of hydrogen-bond donors (Lipinski definition) is 1. The smallest absolute Gasteiger partial charge is 0.175 e. The van der Waals surface area contributed by atoms with Gasteiger partial charge in [0.1, 0.15) is 5.75 Å². The summed E-state index contributed by atoms with van der Waals surface area (Å²) in [4.78, 5) is 0. The van der Waals surface area contributed by atoms with Crippen LogP contribution >= 0.6 is 15.9 Å². The van der Waals surface area contributed by atoms with E-state index >= 15 is 0 Å². The Morgan fingerprint density at radius 3 is 2.10 bits per heavy atom. The predicted molar refractivity (Wildman–Crippen MR) is 82.7 cm³/mol. The molecule has 0 unspecified atom stereocenters. The molecule has 0 bridgehead atoms. The Morgan fingerprint density at radius 1 is 1.00 bits per heavy atom. The molecule has 0 saturated heterocycles. The molecular formula is C15H22BrNO3. The molecule has 112 valence electrons. The Hall–Kier alpha value is -0.940. The Morgan fingerprint density at radius 2 is 1.60 bits per heavy atom. The summed E-state index contributed by atoms with van der Waals surface area (Å²) in [7, 11) is 4.90. The van der Waals surface area contributed by atoms with Crippen molar-refractivity contribution < 1.29 is 14.2 Å². The minimum Gasteiger partial charge on any atom is -0.496 e. The molecule has 1 aliphatic rings. The molecule has 5 heteroatoms. The Balaban J connectivity index is 2.61. The number of rotatable bonds is 4. The minimum atomic E-state index is -0.373. The fourth-order valence-corrected chi connectivity index (χ4v) is 3.93. The van der Waals surface area contributed by atoms with E-state index in [1.54, 1.807) is 21.3 Å². The van der Waals surface area contributed by atoms with Gasteiger partial charge in [-0.2, -0.15) is 0 Å². The van der Waals surface area contributed by atoms with Crippen molar-refractivity contribution >= 4 is 15.9 Å². The summed E-state index contributed by atoms with van der Waals surface area (Å²) in [6, 6.07) is 1.85. The van der Waals surface area contributed by atoms with Crippen molar-refractivity contribution in [1.29, 1.82) is 0 Å². The molecule has 0 aromatic heterocycles. The number of methoxy groups -OCH3 is 3. The molecule has 0 aliphatic heterocycles. The molecular weight excluding hydrogens is 322 g/mol. The molecule has 4 nitrogen and oxygen atoms in total. The second kappa shape index (κ2) is 6.22. The van der Waals surface area contributed by atoms with Crippen LogP contribution in [-0.4, -0.2) is 21.3 Å². The summed E-state index contributed by atoms with van der Waals surface area (Å²) in [5.41, 5.74) is 7.28. The molecule has 1 aliphatic carbocycles. The molecule has 1 aromatic carbocycles. The lowest BCUT2D eigenvalue weighted by atomic mass is 9.77. The second-order valence-corrected chi connectivity index (χ2v) is 6.01. The van der Waals surface area contributed by atoms with Crippen molar-refractivity contribution in [2.24, 2.45) is 5.73 Å². The van der Waals surface area contributed by atoms with E-state index in [2.05, 4.69) is 15.9 Å². The SMILES string of the molecule is COc1cc(OC)c(C2(N)CCCCC2)c(Br)c1OC. The van der Waals surface area contributed by atoms with E-state index < -0.39 is 0 Å². The number of benzene rings is 1. The first-order chi connectivity index (χ1) is 9.57. The number of hydrogen-bond acceptors (Lipinski definition) is 4. The van der Waals surface area contributed by atoms with Gasteiger partial charge < -0.3 is 19.9 Å². The van der Waals surface area contributed by atoms with Crippen molar-refractivity contribution in [3.8, 4) is 17.2 Å². The number of ether oxygens (including phenoxy) is 3. The van der Waals surface area contributed by atoms with Gasteiger partial charge in [0.2, 0.25) is 0 Å². The Kier molecular flexibility index (Phi) is 4.81. The van der Waals surface area contributed by atoms with Crippen LogP contribution in [0.25, 0.3) is 0 Å². The topological polar surface area (TPSA) is 53.7 Å². The van der Waals surface area contributed by atoms with Gasteiger partial charge in [-0.05, 0) is 28.8 Å². The molecule has 0 spiro atoms. The van der Waals surface area contributed by atoms with E-state index in [1.807, 2.05) is 6.07 Å². The average Bonchev–Trinajstić information content (AvgIpc) is 2.46. The van der Waals surface area contributed by atoms with Gasteiger partial charge in [0, 0.05) is 17.2 Å². The number of halogens is 1. The third-order valence-corrected chi connectivity index (χ3v) is 4.80. The van der Waals surface area contributed by atoms with Crippen LogP contribution in [0.5, 0.6) is 17.2 Å².